The van der Waals surface area contributed by atoms with Crippen LogP contribution in [0, 0.1) is 5.92 Å². The predicted octanol–water partition coefficient (Wildman–Crippen LogP) is 5.43. The fraction of sp³-hybridized carbons (Fsp3) is 0.938. The number of unbranched alkanes of at least 4 members (excludes halogenated alkanes) is 8. The normalized spacial score (nSPS) is 12.6. The van der Waals surface area contributed by atoms with Gasteiger partial charge in [-0.15, -0.1) is 0 Å². The number of carbonyl (C=O) groups excluding carboxylic acids is 1. The second kappa shape index (κ2) is 13.7. The second-order valence-corrected chi connectivity index (χ2v) is 5.22. The molecule has 0 bridgehead atoms. The van der Waals surface area contributed by atoms with Crippen molar-refractivity contribution in [1.29, 1.82) is 0 Å². The Morgan fingerprint density at radius 3 is 1.71 bits per heavy atom. The van der Waals surface area contributed by atoms with Crippen molar-refractivity contribution in [2.45, 2.75) is 90.9 Å². The van der Waals surface area contributed by atoms with E-state index in [9.17, 15) is 4.79 Å². The first-order valence-electron chi connectivity index (χ1n) is 7.72. The Kier molecular flexibility index (Phi) is 13.5. The average molecular weight is 239 g/mol. The summed E-state index contributed by atoms with van der Waals surface area (Å²) in [6.45, 7) is 4.44. The Labute approximate surface area is 108 Å². The van der Waals surface area contributed by atoms with Gasteiger partial charge in [0, 0.05) is 5.92 Å². The van der Waals surface area contributed by atoms with Gasteiger partial charge in [-0.1, -0.05) is 78.1 Å². The Hall–Kier alpha value is -0.330. The fourth-order valence-corrected chi connectivity index (χ4v) is 2.24. The molecule has 17 heavy (non-hydrogen) atoms. The van der Waals surface area contributed by atoms with Crippen LogP contribution in [0.2, 0.25) is 0 Å². The van der Waals surface area contributed by atoms with E-state index in [0.717, 1.165) is 12.8 Å². The molecule has 0 aliphatic rings. The van der Waals surface area contributed by atoms with Crippen LogP contribution in [0.1, 0.15) is 90.9 Å². The van der Waals surface area contributed by atoms with E-state index >= 15 is 0 Å². The van der Waals surface area contributed by atoms with Crippen molar-refractivity contribution in [2.75, 3.05) is 0 Å². The van der Waals surface area contributed by atoms with E-state index in [4.69, 9.17) is 0 Å². The van der Waals surface area contributed by atoms with Gasteiger partial charge in [0.15, 0.2) is 0 Å². The van der Waals surface area contributed by atoms with Crippen LogP contribution < -0.4 is 0 Å². The molecule has 0 fully saturated rings. The summed E-state index contributed by atoms with van der Waals surface area (Å²) < 4.78 is 0. The molecule has 101 valence electrons. The molecule has 0 aliphatic carbocycles. The molecule has 0 aliphatic heterocycles. The maximum atomic E-state index is 10.7. The van der Waals surface area contributed by atoms with E-state index < -0.39 is 0 Å². The Morgan fingerprint density at radius 2 is 1.18 bits per heavy atom. The van der Waals surface area contributed by atoms with Crippen molar-refractivity contribution in [1.82, 2.24) is 0 Å². The standard InChI is InChI=1S/C16H31O/c1-3-5-7-8-9-10-11-12-14-16(15-17)13-6-4-2/h16H,3-14H2,1-2H3. The van der Waals surface area contributed by atoms with Gasteiger partial charge >= 0.3 is 0 Å². The zero-order chi connectivity index (χ0) is 12.8. The quantitative estimate of drug-likeness (QED) is 0.391. The molecule has 1 atom stereocenters. The first-order valence-corrected chi connectivity index (χ1v) is 7.72. The molecule has 1 radical (unpaired) electrons. The minimum absolute atomic E-state index is 0.218. The van der Waals surface area contributed by atoms with E-state index in [1.54, 1.807) is 0 Å². The zero-order valence-corrected chi connectivity index (χ0v) is 12.0. The van der Waals surface area contributed by atoms with Crippen molar-refractivity contribution in [3.05, 3.63) is 0 Å². The molecule has 0 saturated carbocycles. The molecule has 0 saturated heterocycles. The maximum Gasteiger partial charge on any atom is 0.201 e. The van der Waals surface area contributed by atoms with Crippen LogP contribution in [0.15, 0.2) is 0 Å². The third-order valence-electron chi connectivity index (χ3n) is 3.48. The van der Waals surface area contributed by atoms with Gasteiger partial charge in [0.05, 0.1) is 0 Å². The lowest BCUT2D eigenvalue weighted by Gasteiger charge is -2.08. The van der Waals surface area contributed by atoms with Crippen LogP contribution >= 0.6 is 0 Å². The molecular weight excluding hydrogens is 208 g/mol. The van der Waals surface area contributed by atoms with Crippen LogP contribution in [0.3, 0.4) is 0 Å². The number of hydrogen-bond donors (Lipinski definition) is 0. The molecule has 0 aromatic carbocycles. The highest BCUT2D eigenvalue weighted by atomic mass is 16.1. The Balaban J connectivity index is 3.22. The Morgan fingerprint density at radius 1 is 0.706 bits per heavy atom. The topological polar surface area (TPSA) is 17.1 Å². The van der Waals surface area contributed by atoms with Gasteiger partial charge in [0.25, 0.3) is 0 Å². The first kappa shape index (κ1) is 16.7. The summed E-state index contributed by atoms with van der Waals surface area (Å²) in [6.07, 6.45) is 17.5. The van der Waals surface area contributed by atoms with Gasteiger partial charge in [-0.2, -0.15) is 0 Å². The van der Waals surface area contributed by atoms with Crippen molar-refractivity contribution in [3.63, 3.8) is 0 Å². The van der Waals surface area contributed by atoms with E-state index in [1.165, 1.54) is 64.2 Å². The van der Waals surface area contributed by atoms with Gasteiger partial charge in [-0.05, 0) is 12.8 Å². The van der Waals surface area contributed by atoms with Crippen LogP contribution in [-0.2, 0) is 4.79 Å². The third-order valence-corrected chi connectivity index (χ3v) is 3.48. The van der Waals surface area contributed by atoms with Gasteiger partial charge in [0.2, 0.25) is 6.29 Å². The lowest BCUT2D eigenvalue weighted by atomic mass is 9.96. The van der Waals surface area contributed by atoms with Crippen molar-refractivity contribution >= 4 is 6.29 Å². The van der Waals surface area contributed by atoms with Gasteiger partial charge in [0.1, 0.15) is 0 Å². The third kappa shape index (κ3) is 11.9. The SMILES string of the molecule is CCCCCCCCCCC([C]=O)CCCC. The number of hydrogen-bond acceptors (Lipinski definition) is 1. The summed E-state index contributed by atoms with van der Waals surface area (Å²) in [4.78, 5) is 10.7. The molecule has 0 amide bonds. The summed E-state index contributed by atoms with van der Waals surface area (Å²) in [7, 11) is 0. The highest BCUT2D eigenvalue weighted by Crippen LogP contribution is 2.16. The number of rotatable bonds is 13. The minimum atomic E-state index is 0.218. The molecule has 0 aromatic rings. The van der Waals surface area contributed by atoms with Gasteiger partial charge in [-0.25, -0.2) is 0 Å². The molecule has 1 heteroatoms. The van der Waals surface area contributed by atoms with Crippen LogP contribution in [-0.4, -0.2) is 6.29 Å². The van der Waals surface area contributed by atoms with Crippen molar-refractivity contribution < 1.29 is 4.79 Å². The summed E-state index contributed by atoms with van der Waals surface area (Å²) in [5.74, 6) is 0.218. The first-order chi connectivity index (χ1) is 8.35. The summed E-state index contributed by atoms with van der Waals surface area (Å²) in [5.41, 5.74) is 0. The monoisotopic (exact) mass is 239 g/mol. The van der Waals surface area contributed by atoms with Gasteiger partial charge < -0.3 is 0 Å². The van der Waals surface area contributed by atoms with Crippen LogP contribution in [0.25, 0.3) is 0 Å². The molecule has 0 rings (SSSR count). The summed E-state index contributed by atoms with van der Waals surface area (Å²) in [5, 5.41) is 0. The van der Waals surface area contributed by atoms with Crippen molar-refractivity contribution in [3.8, 4) is 0 Å². The molecule has 1 unspecified atom stereocenters. The van der Waals surface area contributed by atoms with E-state index in [1.807, 2.05) is 0 Å². The second-order valence-electron chi connectivity index (χ2n) is 5.22. The molecular formula is C16H31O. The highest BCUT2D eigenvalue weighted by Gasteiger charge is 2.06. The van der Waals surface area contributed by atoms with E-state index in [-0.39, 0.29) is 5.92 Å². The van der Waals surface area contributed by atoms with E-state index in [2.05, 4.69) is 20.1 Å². The largest absolute Gasteiger partial charge is 0.291 e. The van der Waals surface area contributed by atoms with Crippen LogP contribution in [0.5, 0.6) is 0 Å². The zero-order valence-electron chi connectivity index (χ0n) is 12.0. The highest BCUT2D eigenvalue weighted by molar-refractivity contribution is 5.54. The maximum absolute atomic E-state index is 10.7. The lowest BCUT2D eigenvalue weighted by Crippen LogP contribution is -2.01. The molecule has 0 aromatic heterocycles. The van der Waals surface area contributed by atoms with Gasteiger partial charge in [-0.3, -0.25) is 4.79 Å². The van der Waals surface area contributed by atoms with Crippen molar-refractivity contribution in [2.24, 2.45) is 5.92 Å². The summed E-state index contributed by atoms with van der Waals surface area (Å²) >= 11 is 0. The summed E-state index contributed by atoms with van der Waals surface area (Å²) in [6, 6.07) is 0. The minimum Gasteiger partial charge on any atom is -0.291 e. The lowest BCUT2D eigenvalue weighted by molar-refractivity contribution is 0.458. The molecule has 0 heterocycles. The van der Waals surface area contributed by atoms with E-state index in [0.29, 0.717) is 0 Å². The molecule has 0 N–H and O–H groups in total. The fourth-order valence-electron chi connectivity index (χ4n) is 2.24. The molecule has 0 spiro atoms. The molecule has 1 nitrogen and oxygen atoms in total. The predicted molar refractivity (Wildman–Crippen MR) is 75.9 cm³/mol. The van der Waals surface area contributed by atoms with Crippen LogP contribution in [0.4, 0.5) is 0 Å². The Bertz CT molecular complexity index is 154. The smallest absolute Gasteiger partial charge is 0.201 e. The average Bonchev–Trinajstić information content (AvgIpc) is 2.36.